The molecule has 1 rings (SSSR count). The molecule has 0 fully saturated rings. The first-order chi connectivity index (χ1) is 8.19. The van der Waals surface area contributed by atoms with Gasteiger partial charge in [-0.25, -0.2) is 0 Å². The molecule has 1 aromatic rings. The predicted molar refractivity (Wildman–Crippen MR) is 80.5 cm³/mol. The van der Waals surface area contributed by atoms with Crippen molar-refractivity contribution >= 4 is 29.1 Å². The van der Waals surface area contributed by atoms with Crippen LogP contribution >= 0.6 is 23.4 Å². The van der Waals surface area contributed by atoms with Gasteiger partial charge in [-0.15, -0.1) is 0 Å². The number of nitrogens with one attached hydrogen (secondary N) is 1. The Kier molecular flexibility index (Phi) is 6.78. The molecule has 0 aliphatic carbocycles. The summed E-state index contributed by atoms with van der Waals surface area (Å²) in [6.07, 6.45) is 2.13. The van der Waals surface area contributed by atoms with Crippen LogP contribution in [0.3, 0.4) is 0 Å². The van der Waals surface area contributed by atoms with Crippen LogP contribution in [0.5, 0.6) is 0 Å². The molecule has 0 saturated carbocycles. The second-order valence-corrected chi connectivity index (χ2v) is 5.39. The fourth-order valence-electron chi connectivity index (χ4n) is 1.68. The normalized spacial score (nSPS) is 10.6. The number of benzene rings is 1. The van der Waals surface area contributed by atoms with E-state index in [1.54, 1.807) is 0 Å². The lowest BCUT2D eigenvalue weighted by Crippen LogP contribution is -2.23. The molecule has 0 aromatic heterocycles. The number of nitrogens with zero attached hydrogens (tertiary/aromatic N) is 1. The Hall–Kier alpha value is -0.380. The fraction of sp³-hybridized carbons (Fsp3) is 0.538. The van der Waals surface area contributed by atoms with Crippen LogP contribution in [-0.2, 0) is 6.54 Å². The lowest BCUT2D eigenvalue weighted by Gasteiger charge is -2.22. The maximum atomic E-state index is 6.05. The lowest BCUT2D eigenvalue weighted by molar-refractivity contribution is 0.724. The van der Waals surface area contributed by atoms with E-state index in [4.69, 9.17) is 11.6 Å². The molecule has 0 heterocycles. The molecular formula is C13H21ClN2S. The van der Waals surface area contributed by atoms with Crippen molar-refractivity contribution in [2.45, 2.75) is 13.5 Å². The summed E-state index contributed by atoms with van der Waals surface area (Å²) >= 11 is 7.92. The number of hydrogen-bond donors (Lipinski definition) is 1. The van der Waals surface area contributed by atoms with E-state index in [0.29, 0.717) is 0 Å². The molecule has 4 heteroatoms. The first-order valence-electron chi connectivity index (χ1n) is 5.88. The van der Waals surface area contributed by atoms with Crippen LogP contribution in [0.15, 0.2) is 18.2 Å². The topological polar surface area (TPSA) is 15.3 Å². The summed E-state index contributed by atoms with van der Waals surface area (Å²) in [6.45, 7) is 5.01. The third-order valence-corrected chi connectivity index (χ3v) is 3.47. The molecule has 17 heavy (non-hydrogen) atoms. The quantitative estimate of drug-likeness (QED) is 0.820. The van der Waals surface area contributed by atoms with E-state index in [0.717, 1.165) is 30.4 Å². The molecule has 0 aliphatic heterocycles. The number of thioether (sulfide) groups is 1. The van der Waals surface area contributed by atoms with Gasteiger partial charge in [-0.3, -0.25) is 0 Å². The molecule has 0 atom stereocenters. The van der Waals surface area contributed by atoms with E-state index in [-0.39, 0.29) is 0 Å². The van der Waals surface area contributed by atoms with Gasteiger partial charge in [0.15, 0.2) is 0 Å². The number of anilines is 1. The highest BCUT2D eigenvalue weighted by molar-refractivity contribution is 7.98. The molecule has 0 unspecified atom stereocenters. The Bertz CT molecular complexity index is 344. The van der Waals surface area contributed by atoms with E-state index in [9.17, 15) is 0 Å². The Labute approximate surface area is 114 Å². The van der Waals surface area contributed by atoms with E-state index >= 15 is 0 Å². The second kappa shape index (κ2) is 7.85. The Morgan fingerprint density at radius 3 is 2.82 bits per heavy atom. The highest BCUT2D eigenvalue weighted by Crippen LogP contribution is 2.23. The summed E-state index contributed by atoms with van der Waals surface area (Å²) in [5.74, 6) is 1.14. The summed E-state index contributed by atoms with van der Waals surface area (Å²) in [7, 11) is 2.13. The van der Waals surface area contributed by atoms with Gasteiger partial charge < -0.3 is 10.2 Å². The van der Waals surface area contributed by atoms with E-state index in [1.165, 1.54) is 11.3 Å². The van der Waals surface area contributed by atoms with Crippen LogP contribution < -0.4 is 10.2 Å². The first-order valence-corrected chi connectivity index (χ1v) is 7.65. The van der Waals surface area contributed by atoms with Gasteiger partial charge in [0.05, 0.1) is 0 Å². The highest BCUT2D eigenvalue weighted by atomic mass is 35.5. The molecule has 0 aliphatic rings. The molecule has 0 bridgehead atoms. The Morgan fingerprint density at radius 1 is 1.41 bits per heavy atom. The molecule has 0 amide bonds. The van der Waals surface area contributed by atoms with Crippen LogP contribution in [-0.4, -0.2) is 32.1 Å². The maximum absolute atomic E-state index is 6.05. The summed E-state index contributed by atoms with van der Waals surface area (Å²) in [5, 5.41) is 4.16. The van der Waals surface area contributed by atoms with Gasteiger partial charge in [0.25, 0.3) is 0 Å². The monoisotopic (exact) mass is 272 g/mol. The molecule has 0 saturated heterocycles. The van der Waals surface area contributed by atoms with Crippen molar-refractivity contribution in [3.63, 3.8) is 0 Å². The van der Waals surface area contributed by atoms with Gasteiger partial charge in [0, 0.05) is 36.6 Å². The highest BCUT2D eigenvalue weighted by Gasteiger charge is 2.07. The van der Waals surface area contributed by atoms with Crippen LogP contribution in [0, 0.1) is 0 Å². The molecule has 96 valence electrons. The summed E-state index contributed by atoms with van der Waals surface area (Å²) < 4.78 is 0. The van der Waals surface area contributed by atoms with Crippen molar-refractivity contribution in [3.8, 4) is 0 Å². The Balaban J connectivity index is 2.80. The zero-order chi connectivity index (χ0) is 12.7. The molecular weight excluding hydrogens is 252 g/mol. The van der Waals surface area contributed by atoms with E-state index in [1.807, 2.05) is 17.8 Å². The molecule has 2 nitrogen and oxygen atoms in total. The minimum absolute atomic E-state index is 0.805. The van der Waals surface area contributed by atoms with Crippen LogP contribution in [0.4, 0.5) is 5.69 Å². The predicted octanol–water partition coefficient (Wildman–Crippen LogP) is 3.25. The SMILES string of the molecule is CCNCc1cc(Cl)ccc1N(C)CCSC. The standard InChI is InChI=1S/C13H21ClN2S/c1-4-15-10-11-9-12(14)5-6-13(11)16(2)7-8-17-3/h5-6,9,15H,4,7-8,10H2,1-3H3. The zero-order valence-electron chi connectivity index (χ0n) is 10.8. The van der Waals surface area contributed by atoms with Gasteiger partial charge in [-0.2, -0.15) is 11.8 Å². The van der Waals surface area contributed by atoms with Gasteiger partial charge in [-0.1, -0.05) is 18.5 Å². The smallest absolute Gasteiger partial charge is 0.0410 e. The molecule has 1 N–H and O–H groups in total. The molecule has 0 spiro atoms. The molecule has 0 radical (unpaired) electrons. The lowest BCUT2D eigenvalue weighted by atomic mass is 10.1. The fourth-order valence-corrected chi connectivity index (χ4v) is 2.33. The third kappa shape index (κ3) is 4.78. The number of rotatable bonds is 7. The number of hydrogen-bond acceptors (Lipinski definition) is 3. The second-order valence-electron chi connectivity index (χ2n) is 3.97. The average molecular weight is 273 g/mol. The first kappa shape index (κ1) is 14.7. The zero-order valence-corrected chi connectivity index (χ0v) is 12.4. The average Bonchev–Trinajstić information content (AvgIpc) is 2.33. The summed E-state index contributed by atoms with van der Waals surface area (Å²) in [5.41, 5.74) is 2.53. The summed E-state index contributed by atoms with van der Waals surface area (Å²) in [4.78, 5) is 2.29. The maximum Gasteiger partial charge on any atom is 0.0410 e. The van der Waals surface area contributed by atoms with E-state index in [2.05, 4.69) is 42.6 Å². The van der Waals surface area contributed by atoms with Crippen molar-refractivity contribution in [1.82, 2.24) is 5.32 Å². The van der Waals surface area contributed by atoms with Crippen molar-refractivity contribution in [1.29, 1.82) is 0 Å². The van der Waals surface area contributed by atoms with Gasteiger partial charge >= 0.3 is 0 Å². The Morgan fingerprint density at radius 2 is 2.18 bits per heavy atom. The summed E-state index contributed by atoms with van der Waals surface area (Å²) in [6, 6.07) is 6.12. The van der Waals surface area contributed by atoms with Gasteiger partial charge in [0.1, 0.15) is 0 Å². The van der Waals surface area contributed by atoms with Crippen molar-refractivity contribution in [3.05, 3.63) is 28.8 Å². The van der Waals surface area contributed by atoms with Crippen molar-refractivity contribution in [2.75, 3.05) is 37.0 Å². The van der Waals surface area contributed by atoms with Crippen molar-refractivity contribution in [2.24, 2.45) is 0 Å². The number of halogens is 1. The molecule has 1 aromatic carbocycles. The van der Waals surface area contributed by atoms with E-state index < -0.39 is 0 Å². The van der Waals surface area contributed by atoms with Crippen molar-refractivity contribution < 1.29 is 0 Å². The minimum Gasteiger partial charge on any atom is -0.374 e. The third-order valence-electron chi connectivity index (χ3n) is 2.65. The van der Waals surface area contributed by atoms with Crippen LogP contribution in [0.25, 0.3) is 0 Å². The largest absolute Gasteiger partial charge is 0.374 e. The van der Waals surface area contributed by atoms with Crippen LogP contribution in [0.2, 0.25) is 5.02 Å². The van der Waals surface area contributed by atoms with Gasteiger partial charge in [-0.05, 0) is 36.6 Å². The van der Waals surface area contributed by atoms with Crippen LogP contribution in [0.1, 0.15) is 12.5 Å². The van der Waals surface area contributed by atoms with Gasteiger partial charge in [0.2, 0.25) is 0 Å². The minimum atomic E-state index is 0.805.